The number of nitrogens with zero attached hydrogens (tertiary/aromatic N) is 3. The molecule has 2 aliphatic heterocycles. The fourth-order valence-electron chi connectivity index (χ4n) is 3.80. The van der Waals surface area contributed by atoms with Gasteiger partial charge in [0.15, 0.2) is 0 Å². The van der Waals surface area contributed by atoms with Crippen LogP contribution in [0.1, 0.15) is 29.7 Å². The summed E-state index contributed by atoms with van der Waals surface area (Å²) in [5.74, 6) is 0. The number of aryl methyl sites for hydroxylation is 1. The first-order valence-electron chi connectivity index (χ1n) is 8.26. The van der Waals surface area contributed by atoms with E-state index in [1.54, 1.807) is 4.88 Å². The minimum absolute atomic E-state index is 0.0199. The van der Waals surface area contributed by atoms with Crippen molar-refractivity contribution in [2.24, 2.45) is 0 Å². The maximum absolute atomic E-state index is 6.27. The minimum atomic E-state index is 0.0199. The van der Waals surface area contributed by atoms with Gasteiger partial charge in [-0.15, -0.1) is 11.3 Å². The number of fused-ring (bicyclic) bond motifs is 2. The lowest BCUT2D eigenvalue weighted by Gasteiger charge is -2.44. The van der Waals surface area contributed by atoms with Crippen LogP contribution < -0.4 is 0 Å². The van der Waals surface area contributed by atoms with E-state index in [4.69, 9.17) is 4.74 Å². The van der Waals surface area contributed by atoms with Crippen molar-refractivity contribution in [3.8, 4) is 0 Å². The van der Waals surface area contributed by atoms with Crippen molar-refractivity contribution in [3.05, 3.63) is 40.3 Å². The molecule has 0 unspecified atom stereocenters. The molecule has 2 aromatic heterocycles. The predicted molar refractivity (Wildman–Crippen MR) is 88.2 cm³/mol. The van der Waals surface area contributed by atoms with Crippen LogP contribution in [0.25, 0.3) is 0 Å². The van der Waals surface area contributed by atoms with Crippen LogP contribution in [0.15, 0.2) is 29.9 Å². The molecule has 5 heteroatoms. The van der Waals surface area contributed by atoms with Gasteiger partial charge in [-0.1, -0.05) is 0 Å². The van der Waals surface area contributed by atoms with Crippen molar-refractivity contribution < 1.29 is 4.74 Å². The van der Waals surface area contributed by atoms with Gasteiger partial charge in [-0.25, -0.2) is 0 Å². The molecule has 1 spiro atoms. The lowest BCUT2D eigenvalue weighted by molar-refractivity contribution is -0.0971. The Bertz CT molecular complexity index is 599. The molecule has 2 aromatic rings. The number of hydrogen-bond acceptors (Lipinski definition) is 4. The van der Waals surface area contributed by atoms with Gasteiger partial charge in [0, 0.05) is 43.3 Å². The summed E-state index contributed by atoms with van der Waals surface area (Å²) < 4.78 is 8.29. The predicted octanol–water partition coefficient (Wildman–Crippen LogP) is 2.90. The highest BCUT2D eigenvalue weighted by atomic mass is 32.1. The molecule has 0 N–H and O–H groups in total. The monoisotopic (exact) mass is 317 g/mol. The molecule has 0 bridgehead atoms. The average molecular weight is 317 g/mol. The third-order valence-corrected chi connectivity index (χ3v) is 6.01. The Labute approximate surface area is 135 Å². The number of hydrogen-bond donors (Lipinski definition) is 0. The van der Waals surface area contributed by atoms with Gasteiger partial charge in [-0.05, 0) is 48.9 Å². The van der Waals surface area contributed by atoms with Gasteiger partial charge in [0.25, 0.3) is 0 Å². The highest BCUT2D eigenvalue weighted by molar-refractivity contribution is 7.10. The van der Waals surface area contributed by atoms with Crippen molar-refractivity contribution in [1.29, 1.82) is 0 Å². The Kier molecular flexibility index (Phi) is 4.03. The normalized spacial score (nSPS) is 21.1. The van der Waals surface area contributed by atoms with Crippen molar-refractivity contribution in [2.75, 3.05) is 26.2 Å². The van der Waals surface area contributed by atoms with Gasteiger partial charge >= 0.3 is 0 Å². The summed E-state index contributed by atoms with van der Waals surface area (Å²) in [5.41, 5.74) is 1.51. The second kappa shape index (κ2) is 6.14. The third-order valence-electron chi connectivity index (χ3n) is 5.03. The quantitative estimate of drug-likeness (QED) is 0.868. The molecule has 0 radical (unpaired) electrons. The molecule has 1 saturated heterocycles. The average Bonchev–Trinajstić information content (AvgIpc) is 3.21. The number of rotatable bonds is 4. The van der Waals surface area contributed by atoms with E-state index in [9.17, 15) is 0 Å². The zero-order valence-corrected chi connectivity index (χ0v) is 13.7. The standard InChI is InChI=1S/C17H23N3OS/c1-7-18-20(9-1)10-2-8-19-11-5-17(6-12-19)15-4-14-22-16(15)3-13-21-17/h1,4,7,9,14H,2-3,5-6,8,10-13H2. The zero-order valence-electron chi connectivity index (χ0n) is 12.9. The number of likely N-dealkylation sites (tertiary alicyclic amines) is 1. The fraction of sp³-hybridized carbons (Fsp3) is 0.588. The molecule has 0 saturated carbocycles. The zero-order chi connectivity index (χ0) is 14.8. The smallest absolute Gasteiger partial charge is 0.0966 e. The molecule has 0 amide bonds. The molecule has 2 aliphatic rings. The van der Waals surface area contributed by atoms with Gasteiger partial charge in [0.2, 0.25) is 0 Å². The Hall–Kier alpha value is -1.17. The summed E-state index contributed by atoms with van der Waals surface area (Å²) in [6.45, 7) is 5.36. The Morgan fingerprint density at radius 3 is 3.00 bits per heavy atom. The van der Waals surface area contributed by atoms with Gasteiger partial charge in [-0.3, -0.25) is 4.68 Å². The number of ether oxygens (including phenoxy) is 1. The minimum Gasteiger partial charge on any atom is -0.370 e. The molecule has 4 rings (SSSR count). The van der Waals surface area contributed by atoms with Crippen molar-refractivity contribution in [1.82, 2.24) is 14.7 Å². The van der Waals surface area contributed by atoms with Crippen LogP contribution >= 0.6 is 11.3 Å². The molecule has 1 fully saturated rings. The largest absolute Gasteiger partial charge is 0.370 e. The summed E-state index contributed by atoms with van der Waals surface area (Å²) in [6, 6.07) is 4.29. The van der Waals surface area contributed by atoms with E-state index >= 15 is 0 Å². The fourth-order valence-corrected chi connectivity index (χ4v) is 4.75. The Morgan fingerprint density at radius 2 is 2.18 bits per heavy atom. The van der Waals surface area contributed by atoms with Crippen LogP contribution in [0.5, 0.6) is 0 Å². The van der Waals surface area contributed by atoms with E-state index < -0.39 is 0 Å². The lowest BCUT2D eigenvalue weighted by Crippen LogP contribution is -2.46. The molecular weight excluding hydrogens is 294 g/mol. The van der Waals surface area contributed by atoms with Gasteiger partial charge in [0.05, 0.1) is 12.2 Å². The molecule has 118 valence electrons. The van der Waals surface area contributed by atoms with E-state index in [2.05, 4.69) is 21.4 Å². The molecule has 22 heavy (non-hydrogen) atoms. The first-order valence-corrected chi connectivity index (χ1v) is 9.14. The van der Waals surface area contributed by atoms with E-state index in [1.807, 2.05) is 34.5 Å². The van der Waals surface area contributed by atoms with Crippen LogP contribution in [0.2, 0.25) is 0 Å². The lowest BCUT2D eigenvalue weighted by atomic mass is 9.82. The number of aromatic nitrogens is 2. The highest BCUT2D eigenvalue weighted by Gasteiger charge is 2.41. The van der Waals surface area contributed by atoms with E-state index in [0.717, 1.165) is 52.0 Å². The van der Waals surface area contributed by atoms with Crippen LogP contribution in [0.3, 0.4) is 0 Å². The van der Waals surface area contributed by atoms with Gasteiger partial charge in [-0.2, -0.15) is 5.10 Å². The number of thiophene rings is 1. The summed E-state index contributed by atoms with van der Waals surface area (Å²) in [4.78, 5) is 4.14. The molecule has 0 atom stereocenters. The van der Waals surface area contributed by atoms with Crippen molar-refractivity contribution in [2.45, 2.75) is 37.8 Å². The van der Waals surface area contributed by atoms with Crippen LogP contribution in [0, 0.1) is 0 Å². The summed E-state index contributed by atoms with van der Waals surface area (Å²) in [5, 5.41) is 6.50. The summed E-state index contributed by atoms with van der Waals surface area (Å²) in [6.07, 6.45) is 8.43. The van der Waals surface area contributed by atoms with E-state index in [0.29, 0.717) is 0 Å². The van der Waals surface area contributed by atoms with Crippen molar-refractivity contribution in [3.63, 3.8) is 0 Å². The van der Waals surface area contributed by atoms with Crippen molar-refractivity contribution >= 4 is 11.3 Å². The topological polar surface area (TPSA) is 30.3 Å². The molecule has 4 heterocycles. The maximum atomic E-state index is 6.27. The molecule has 0 aromatic carbocycles. The first kappa shape index (κ1) is 14.4. The van der Waals surface area contributed by atoms with Crippen LogP contribution in [-0.2, 0) is 23.3 Å². The van der Waals surface area contributed by atoms with Crippen LogP contribution in [-0.4, -0.2) is 40.9 Å². The Morgan fingerprint density at radius 1 is 1.27 bits per heavy atom. The van der Waals surface area contributed by atoms with Crippen LogP contribution in [0.4, 0.5) is 0 Å². The molecule has 0 aliphatic carbocycles. The second-order valence-electron chi connectivity index (χ2n) is 6.31. The highest BCUT2D eigenvalue weighted by Crippen LogP contribution is 2.43. The van der Waals surface area contributed by atoms with Gasteiger partial charge in [0.1, 0.15) is 0 Å². The Balaban J connectivity index is 1.32. The SMILES string of the molecule is c1cnn(CCCN2CCC3(CC2)OCCc2sccc23)c1. The maximum Gasteiger partial charge on any atom is 0.0966 e. The molecular formula is C17H23N3OS. The number of piperidine rings is 1. The van der Waals surface area contributed by atoms with Gasteiger partial charge < -0.3 is 9.64 Å². The first-order chi connectivity index (χ1) is 10.9. The van der Waals surface area contributed by atoms with E-state index in [-0.39, 0.29) is 5.60 Å². The summed E-state index contributed by atoms with van der Waals surface area (Å²) >= 11 is 1.90. The summed E-state index contributed by atoms with van der Waals surface area (Å²) in [7, 11) is 0. The second-order valence-corrected chi connectivity index (χ2v) is 7.32. The van der Waals surface area contributed by atoms with E-state index in [1.165, 1.54) is 12.0 Å². The third kappa shape index (κ3) is 2.73. The molecule has 4 nitrogen and oxygen atoms in total.